The maximum atomic E-state index is 12.7. The third-order valence-corrected chi connectivity index (χ3v) is 2.11. The van der Waals surface area contributed by atoms with E-state index in [-0.39, 0.29) is 18.3 Å². The highest BCUT2D eigenvalue weighted by molar-refractivity contribution is 5.78. The van der Waals surface area contributed by atoms with Crippen molar-refractivity contribution in [3.05, 3.63) is 30.1 Å². The van der Waals surface area contributed by atoms with Gasteiger partial charge >= 0.3 is 0 Å². The Morgan fingerprint density at radius 2 is 2.33 bits per heavy atom. The maximum absolute atomic E-state index is 12.7. The molecule has 1 amide bonds. The zero-order valence-corrected chi connectivity index (χ0v) is 8.20. The van der Waals surface area contributed by atoms with Crippen LogP contribution >= 0.6 is 0 Å². The molecule has 0 spiro atoms. The van der Waals surface area contributed by atoms with E-state index in [9.17, 15) is 9.18 Å². The van der Waals surface area contributed by atoms with E-state index in [0.29, 0.717) is 11.8 Å². The fourth-order valence-corrected chi connectivity index (χ4v) is 1.20. The molecule has 1 aliphatic carbocycles. The lowest BCUT2D eigenvalue weighted by Gasteiger charge is -2.06. The van der Waals surface area contributed by atoms with Crippen LogP contribution in [0.3, 0.4) is 0 Å². The highest BCUT2D eigenvalue weighted by atomic mass is 19.1. The smallest absolute Gasteiger partial charge is 0.258 e. The highest BCUT2D eigenvalue weighted by Gasteiger charge is 2.23. The highest BCUT2D eigenvalue weighted by Crippen LogP contribution is 2.18. The standard InChI is InChI=1S/C11H12FNO2/c12-8-2-1-3-10(6-8)15-7-11(14)13-9-4-5-9/h1-3,6,9H,4-5,7H2,(H,13,14). The second-order valence-electron chi connectivity index (χ2n) is 3.59. The average molecular weight is 209 g/mol. The lowest BCUT2D eigenvalue weighted by molar-refractivity contribution is -0.123. The van der Waals surface area contributed by atoms with Gasteiger partial charge in [0.15, 0.2) is 6.61 Å². The minimum absolute atomic E-state index is 0.0556. The predicted molar refractivity (Wildman–Crippen MR) is 53.1 cm³/mol. The zero-order chi connectivity index (χ0) is 10.7. The maximum Gasteiger partial charge on any atom is 0.258 e. The number of benzene rings is 1. The molecule has 80 valence electrons. The summed E-state index contributed by atoms with van der Waals surface area (Å²) in [6, 6.07) is 6.08. The molecule has 3 nitrogen and oxygen atoms in total. The summed E-state index contributed by atoms with van der Waals surface area (Å²) >= 11 is 0. The number of hydrogen-bond donors (Lipinski definition) is 1. The molecular formula is C11H12FNO2. The second-order valence-corrected chi connectivity index (χ2v) is 3.59. The van der Waals surface area contributed by atoms with Gasteiger partial charge in [0.2, 0.25) is 0 Å². The molecule has 4 heteroatoms. The summed E-state index contributed by atoms with van der Waals surface area (Å²) in [5.74, 6) is -0.141. The Labute approximate surface area is 87.2 Å². The molecule has 1 aromatic rings. The van der Waals surface area contributed by atoms with Crippen LogP contribution in [0, 0.1) is 5.82 Å². The molecule has 0 unspecified atom stereocenters. The van der Waals surface area contributed by atoms with Crippen LogP contribution in [-0.4, -0.2) is 18.6 Å². The van der Waals surface area contributed by atoms with Crippen LogP contribution in [0.4, 0.5) is 4.39 Å². The van der Waals surface area contributed by atoms with Crippen LogP contribution in [0.5, 0.6) is 5.75 Å². The zero-order valence-electron chi connectivity index (χ0n) is 8.20. The van der Waals surface area contributed by atoms with Crippen molar-refractivity contribution in [2.45, 2.75) is 18.9 Å². The predicted octanol–water partition coefficient (Wildman–Crippen LogP) is 1.48. The summed E-state index contributed by atoms with van der Waals surface area (Å²) in [6.07, 6.45) is 2.09. The third-order valence-electron chi connectivity index (χ3n) is 2.11. The summed E-state index contributed by atoms with van der Waals surface area (Å²) in [5.41, 5.74) is 0. The molecule has 1 aromatic carbocycles. The first-order chi connectivity index (χ1) is 7.24. The van der Waals surface area contributed by atoms with Crippen molar-refractivity contribution in [1.29, 1.82) is 0 Å². The van der Waals surface area contributed by atoms with Gasteiger partial charge in [0.1, 0.15) is 11.6 Å². The van der Waals surface area contributed by atoms with Gasteiger partial charge in [-0.1, -0.05) is 6.07 Å². The van der Waals surface area contributed by atoms with E-state index in [4.69, 9.17) is 4.74 Å². The van der Waals surface area contributed by atoms with Gasteiger partial charge in [-0.05, 0) is 25.0 Å². The van der Waals surface area contributed by atoms with Crippen molar-refractivity contribution >= 4 is 5.91 Å². The Morgan fingerprint density at radius 3 is 3.00 bits per heavy atom. The number of hydrogen-bond acceptors (Lipinski definition) is 2. The Balaban J connectivity index is 1.78. The van der Waals surface area contributed by atoms with E-state index in [1.54, 1.807) is 12.1 Å². The summed E-state index contributed by atoms with van der Waals surface area (Å²) < 4.78 is 17.9. The number of amides is 1. The minimum atomic E-state index is -0.366. The molecule has 1 saturated carbocycles. The number of carbonyl (C=O) groups excluding carboxylic acids is 1. The Kier molecular flexibility index (Phi) is 2.85. The van der Waals surface area contributed by atoms with E-state index in [0.717, 1.165) is 12.8 Å². The summed E-state index contributed by atoms with van der Waals surface area (Å²) in [5, 5.41) is 2.78. The number of rotatable bonds is 4. The van der Waals surface area contributed by atoms with Gasteiger partial charge in [-0.2, -0.15) is 0 Å². The molecular weight excluding hydrogens is 197 g/mol. The normalized spacial score (nSPS) is 14.7. The van der Waals surface area contributed by atoms with Gasteiger partial charge < -0.3 is 10.1 Å². The first-order valence-electron chi connectivity index (χ1n) is 4.92. The fraction of sp³-hybridized carbons (Fsp3) is 0.364. The van der Waals surface area contributed by atoms with Crippen LogP contribution in [-0.2, 0) is 4.79 Å². The van der Waals surface area contributed by atoms with Gasteiger partial charge in [-0.15, -0.1) is 0 Å². The molecule has 1 fully saturated rings. The first-order valence-corrected chi connectivity index (χ1v) is 4.92. The SMILES string of the molecule is O=C(COc1cccc(F)c1)NC1CC1. The van der Waals surface area contributed by atoms with Crippen molar-refractivity contribution < 1.29 is 13.9 Å². The van der Waals surface area contributed by atoms with Crippen molar-refractivity contribution in [3.8, 4) is 5.75 Å². The molecule has 0 bridgehead atoms. The summed E-state index contributed by atoms with van der Waals surface area (Å²) in [6.45, 7) is -0.0556. The average Bonchev–Trinajstić information content (AvgIpc) is 2.99. The molecule has 1 aliphatic rings. The van der Waals surface area contributed by atoms with Crippen LogP contribution < -0.4 is 10.1 Å². The van der Waals surface area contributed by atoms with Crippen molar-refractivity contribution in [2.75, 3.05) is 6.61 Å². The van der Waals surface area contributed by atoms with Gasteiger partial charge in [-0.3, -0.25) is 4.79 Å². The monoisotopic (exact) mass is 209 g/mol. The van der Waals surface area contributed by atoms with Crippen LogP contribution in [0.25, 0.3) is 0 Å². The van der Waals surface area contributed by atoms with Gasteiger partial charge in [0.05, 0.1) is 0 Å². The fourth-order valence-electron chi connectivity index (χ4n) is 1.20. The molecule has 15 heavy (non-hydrogen) atoms. The van der Waals surface area contributed by atoms with E-state index < -0.39 is 0 Å². The molecule has 0 aromatic heterocycles. The van der Waals surface area contributed by atoms with Crippen molar-refractivity contribution in [1.82, 2.24) is 5.32 Å². The van der Waals surface area contributed by atoms with E-state index in [1.165, 1.54) is 12.1 Å². The van der Waals surface area contributed by atoms with E-state index in [2.05, 4.69) is 5.32 Å². The third kappa shape index (κ3) is 3.23. The van der Waals surface area contributed by atoms with E-state index in [1.807, 2.05) is 0 Å². The number of nitrogens with one attached hydrogen (secondary N) is 1. The largest absolute Gasteiger partial charge is 0.484 e. The molecule has 0 atom stereocenters. The molecule has 0 radical (unpaired) electrons. The Hall–Kier alpha value is -1.58. The summed E-state index contributed by atoms with van der Waals surface area (Å²) in [7, 11) is 0. The number of ether oxygens (including phenoxy) is 1. The molecule has 0 heterocycles. The number of carbonyl (C=O) groups is 1. The molecule has 1 N–H and O–H groups in total. The topological polar surface area (TPSA) is 38.3 Å². The van der Waals surface area contributed by atoms with Gasteiger partial charge in [-0.25, -0.2) is 4.39 Å². The lowest BCUT2D eigenvalue weighted by Crippen LogP contribution is -2.30. The van der Waals surface area contributed by atoms with E-state index >= 15 is 0 Å². The van der Waals surface area contributed by atoms with Crippen LogP contribution in [0.1, 0.15) is 12.8 Å². The Bertz CT molecular complexity index is 363. The molecule has 2 rings (SSSR count). The molecule has 0 aliphatic heterocycles. The first kappa shape index (κ1) is 9.96. The van der Waals surface area contributed by atoms with Crippen LogP contribution in [0.2, 0.25) is 0 Å². The van der Waals surface area contributed by atoms with Crippen LogP contribution in [0.15, 0.2) is 24.3 Å². The van der Waals surface area contributed by atoms with Crippen molar-refractivity contribution in [3.63, 3.8) is 0 Å². The second kappa shape index (κ2) is 4.29. The van der Waals surface area contributed by atoms with Crippen molar-refractivity contribution in [2.24, 2.45) is 0 Å². The van der Waals surface area contributed by atoms with Gasteiger partial charge in [0, 0.05) is 12.1 Å². The molecule has 0 saturated heterocycles. The quantitative estimate of drug-likeness (QED) is 0.815. The number of halogens is 1. The minimum Gasteiger partial charge on any atom is -0.484 e. The Morgan fingerprint density at radius 1 is 1.53 bits per heavy atom. The lowest BCUT2D eigenvalue weighted by atomic mass is 10.3. The van der Waals surface area contributed by atoms with Gasteiger partial charge in [0.25, 0.3) is 5.91 Å². The summed E-state index contributed by atoms with van der Waals surface area (Å²) in [4.78, 5) is 11.2.